The van der Waals surface area contributed by atoms with Gasteiger partial charge in [-0.3, -0.25) is 4.79 Å². The fraction of sp³-hybridized carbons (Fsp3) is 0.700. The number of Topliss-reactive ketones (excluding diaryl/α,β-unsaturated/α-hetero) is 1. The number of aliphatic hydroxyl groups is 1. The van der Waals surface area contributed by atoms with E-state index in [9.17, 15) is 9.90 Å². The summed E-state index contributed by atoms with van der Waals surface area (Å²) in [6, 6.07) is 0. The van der Waals surface area contributed by atoms with Crippen molar-refractivity contribution in [2.24, 2.45) is 5.92 Å². The van der Waals surface area contributed by atoms with Crippen LogP contribution < -0.4 is 0 Å². The van der Waals surface area contributed by atoms with Crippen molar-refractivity contribution in [1.82, 2.24) is 0 Å². The number of rotatable bonds is 5. The van der Waals surface area contributed by atoms with Gasteiger partial charge in [-0.2, -0.15) is 0 Å². The van der Waals surface area contributed by atoms with Gasteiger partial charge < -0.3 is 5.11 Å². The first-order valence-electron chi connectivity index (χ1n) is 4.36. The highest BCUT2D eigenvalue weighted by atomic mass is 16.3. The lowest BCUT2D eigenvalue weighted by Crippen LogP contribution is -2.07. The van der Waals surface area contributed by atoms with Gasteiger partial charge in [0.2, 0.25) is 0 Å². The summed E-state index contributed by atoms with van der Waals surface area (Å²) in [5.41, 5.74) is 0. The largest absolute Gasteiger partial charge is 0.389 e. The van der Waals surface area contributed by atoms with Crippen molar-refractivity contribution in [3.63, 3.8) is 0 Å². The summed E-state index contributed by atoms with van der Waals surface area (Å²) in [7, 11) is 0. The van der Waals surface area contributed by atoms with Gasteiger partial charge in [-0.25, -0.2) is 0 Å². The molecule has 0 amide bonds. The highest BCUT2D eigenvalue weighted by Crippen LogP contribution is 2.02. The summed E-state index contributed by atoms with van der Waals surface area (Å²) < 4.78 is 0. The molecule has 2 nitrogen and oxygen atoms in total. The summed E-state index contributed by atoms with van der Waals surface area (Å²) in [6.07, 6.45) is 4.21. The van der Waals surface area contributed by atoms with Crippen LogP contribution in [-0.2, 0) is 4.79 Å². The molecule has 1 N–H and O–H groups in total. The molecule has 0 aromatic heterocycles. The zero-order chi connectivity index (χ0) is 9.56. The molecule has 0 aliphatic carbocycles. The molecule has 0 spiro atoms. The minimum absolute atomic E-state index is 0.0247. The van der Waals surface area contributed by atoms with Crippen LogP contribution in [0, 0.1) is 5.92 Å². The summed E-state index contributed by atoms with van der Waals surface area (Å²) in [5, 5.41) is 9.22. The summed E-state index contributed by atoms with van der Waals surface area (Å²) in [4.78, 5) is 10.6. The molecule has 0 aromatic rings. The fourth-order valence-electron chi connectivity index (χ4n) is 0.870. The van der Waals surface area contributed by atoms with E-state index in [4.69, 9.17) is 0 Å². The fourth-order valence-corrected chi connectivity index (χ4v) is 0.870. The monoisotopic (exact) mass is 170 g/mol. The lowest BCUT2D eigenvalue weighted by atomic mass is 10.1. The van der Waals surface area contributed by atoms with Crippen LogP contribution in [0.15, 0.2) is 12.2 Å². The van der Waals surface area contributed by atoms with E-state index in [1.54, 1.807) is 6.08 Å². The lowest BCUT2D eigenvalue weighted by molar-refractivity contribution is -0.118. The van der Waals surface area contributed by atoms with E-state index in [1.165, 1.54) is 6.92 Å². The van der Waals surface area contributed by atoms with Gasteiger partial charge in [-0.1, -0.05) is 26.0 Å². The van der Waals surface area contributed by atoms with Gasteiger partial charge in [0.1, 0.15) is 5.78 Å². The van der Waals surface area contributed by atoms with Gasteiger partial charge in [0, 0.05) is 6.42 Å². The van der Waals surface area contributed by atoms with Crippen LogP contribution in [0.5, 0.6) is 0 Å². The van der Waals surface area contributed by atoms with E-state index >= 15 is 0 Å². The van der Waals surface area contributed by atoms with Gasteiger partial charge in [0.15, 0.2) is 0 Å². The molecule has 0 saturated heterocycles. The maximum atomic E-state index is 10.6. The van der Waals surface area contributed by atoms with Gasteiger partial charge in [-0.05, 0) is 19.3 Å². The van der Waals surface area contributed by atoms with E-state index < -0.39 is 6.10 Å². The zero-order valence-electron chi connectivity index (χ0n) is 8.08. The number of hydrogen-bond donors (Lipinski definition) is 1. The van der Waals surface area contributed by atoms with Crippen LogP contribution in [0.3, 0.4) is 0 Å². The van der Waals surface area contributed by atoms with Crippen molar-refractivity contribution in [2.45, 2.75) is 39.7 Å². The Morgan fingerprint density at radius 2 is 2.08 bits per heavy atom. The molecule has 0 heterocycles. The number of hydrogen-bond acceptors (Lipinski definition) is 2. The van der Waals surface area contributed by atoms with Gasteiger partial charge in [-0.15, -0.1) is 0 Å². The number of aliphatic hydroxyl groups excluding tert-OH is 1. The van der Waals surface area contributed by atoms with Gasteiger partial charge in [0.05, 0.1) is 6.10 Å². The van der Waals surface area contributed by atoms with Crippen LogP contribution in [0.4, 0.5) is 0 Å². The topological polar surface area (TPSA) is 37.3 Å². The first kappa shape index (κ1) is 11.4. The Balaban J connectivity index is 3.60. The highest BCUT2D eigenvalue weighted by molar-refractivity contribution is 5.76. The number of allylic oxidation sites excluding steroid dienone is 1. The third kappa shape index (κ3) is 7.48. The Labute approximate surface area is 74.3 Å². The van der Waals surface area contributed by atoms with Crippen LogP contribution in [0.2, 0.25) is 0 Å². The van der Waals surface area contributed by atoms with Crippen molar-refractivity contribution in [1.29, 1.82) is 0 Å². The normalized spacial score (nSPS) is 14.1. The van der Waals surface area contributed by atoms with E-state index in [0.29, 0.717) is 5.92 Å². The SMILES string of the molecule is CC(=O)CC(O)C=CCC(C)C. The lowest BCUT2D eigenvalue weighted by Gasteiger charge is -2.02. The Bertz CT molecular complexity index is 159. The average molecular weight is 170 g/mol. The quantitative estimate of drug-likeness (QED) is 0.640. The molecule has 0 aliphatic rings. The predicted octanol–water partition coefficient (Wildman–Crippen LogP) is 1.93. The Kier molecular flexibility index (Phi) is 5.64. The summed E-state index contributed by atoms with van der Waals surface area (Å²) in [5.74, 6) is 0.627. The second-order valence-corrected chi connectivity index (χ2v) is 3.53. The molecule has 12 heavy (non-hydrogen) atoms. The maximum absolute atomic E-state index is 10.6. The van der Waals surface area contributed by atoms with Crippen LogP contribution in [0.25, 0.3) is 0 Å². The predicted molar refractivity (Wildman–Crippen MR) is 49.9 cm³/mol. The van der Waals surface area contributed by atoms with Crippen molar-refractivity contribution in [2.75, 3.05) is 0 Å². The molecule has 0 aliphatic heterocycles. The highest BCUT2D eigenvalue weighted by Gasteiger charge is 2.01. The zero-order valence-corrected chi connectivity index (χ0v) is 8.08. The van der Waals surface area contributed by atoms with Crippen LogP contribution >= 0.6 is 0 Å². The Hall–Kier alpha value is -0.630. The number of ketones is 1. The molecule has 2 heteroatoms. The van der Waals surface area contributed by atoms with E-state index in [-0.39, 0.29) is 12.2 Å². The number of carbonyl (C=O) groups is 1. The molecule has 70 valence electrons. The number of carbonyl (C=O) groups excluding carboxylic acids is 1. The van der Waals surface area contributed by atoms with E-state index in [2.05, 4.69) is 13.8 Å². The Morgan fingerprint density at radius 3 is 2.50 bits per heavy atom. The van der Waals surface area contributed by atoms with Crippen LogP contribution in [-0.4, -0.2) is 17.0 Å². The molecule has 0 bridgehead atoms. The standard InChI is InChI=1S/C10H18O2/c1-8(2)5-4-6-10(12)7-9(3)11/h4,6,8,10,12H,5,7H2,1-3H3. The average Bonchev–Trinajstić information content (AvgIpc) is 1.84. The molecule has 1 atom stereocenters. The molecular weight excluding hydrogens is 152 g/mol. The molecule has 0 fully saturated rings. The molecule has 1 unspecified atom stereocenters. The summed E-state index contributed by atoms with van der Waals surface area (Å²) >= 11 is 0. The minimum atomic E-state index is -0.596. The first-order valence-corrected chi connectivity index (χ1v) is 4.36. The third-order valence-electron chi connectivity index (χ3n) is 1.46. The van der Waals surface area contributed by atoms with E-state index in [0.717, 1.165) is 6.42 Å². The maximum Gasteiger partial charge on any atom is 0.132 e. The smallest absolute Gasteiger partial charge is 0.132 e. The van der Waals surface area contributed by atoms with Crippen molar-refractivity contribution in [3.05, 3.63) is 12.2 Å². The van der Waals surface area contributed by atoms with E-state index in [1.807, 2.05) is 6.08 Å². The van der Waals surface area contributed by atoms with Gasteiger partial charge in [0.25, 0.3) is 0 Å². The van der Waals surface area contributed by atoms with Crippen molar-refractivity contribution >= 4 is 5.78 Å². The first-order chi connectivity index (χ1) is 5.52. The summed E-state index contributed by atoms with van der Waals surface area (Å²) in [6.45, 7) is 5.71. The molecule has 0 radical (unpaired) electrons. The Morgan fingerprint density at radius 1 is 1.50 bits per heavy atom. The second kappa shape index (κ2) is 5.95. The van der Waals surface area contributed by atoms with Crippen molar-refractivity contribution < 1.29 is 9.90 Å². The second-order valence-electron chi connectivity index (χ2n) is 3.53. The van der Waals surface area contributed by atoms with Gasteiger partial charge >= 0.3 is 0 Å². The van der Waals surface area contributed by atoms with Crippen molar-refractivity contribution in [3.8, 4) is 0 Å². The molecule has 0 aromatic carbocycles. The third-order valence-corrected chi connectivity index (χ3v) is 1.46. The van der Waals surface area contributed by atoms with Crippen LogP contribution in [0.1, 0.15) is 33.6 Å². The molecule has 0 saturated carbocycles. The minimum Gasteiger partial charge on any atom is -0.389 e. The molecular formula is C10H18O2. The molecule has 0 rings (SSSR count).